The van der Waals surface area contributed by atoms with Crippen LogP contribution < -0.4 is 16.2 Å². The van der Waals surface area contributed by atoms with Crippen LogP contribution in [0.3, 0.4) is 0 Å². The van der Waals surface area contributed by atoms with Crippen molar-refractivity contribution >= 4 is 17.4 Å². The largest absolute Gasteiger partial charge is 0.335 e. The van der Waals surface area contributed by atoms with Crippen molar-refractivity contribution in [2.45, 2.75) is 39.8 Å². The van der Waals surface area contributed by atoms with Crippen molar-refractivity contribution in [1.29, 1.82) is 0 Å². The Balaban J connectivity index is 1.86. The van der Waals surface area contributed by atoms with Crippen molar-refractivity contribution in [3.8, 4) is 0 Å². The van der Waals surface area contributed by atoms with Gasteiger partial charge in [-0.25, -0.2) is 4.79 Å². The summed E-state index contributed by atoms with van der Waals surface area (Å²) in [6.45, 7) is 5.89. The summed E-state index contributed by atoms with van der Waals surface area (Å²) in [7, 11) is 0. The lowest BCUT2D eigenvalue weighted by molar-refractivity contribution is 0.237. The number of urea groups is 1. The Hall–Kier alpha value is -2.08. The number of thiophene rings is 1. The number of amides is 2. The van der Waals surface area contributed by atoms with Gasteiger partial charge in [-0.05, 0) is 61.2 Å². The van der Waals surface area contributed by atoms with Gasteiger partial charge in [-0.3, -0.25) is 4.79 Å². The average molecular weight is 319 g/mol. The van der Waals surface area contributed by atoms with Crippen LogP contribution in [0.15, 0.2) is 27.7 Å². The zero-order valence-corrected chi connectivity index (χ0v) is 13.8. The summed E-state index contributed by atoms with van der Waals surface area (Å²) in [4.78, 5) is 26.5. The molecule has 2 aromatic rings. The highest BCUT2D eigenvalue weighted by molar-refractivity contribution is 7.07. The van der Waals surface area contributed by atoms with E-state index >= 15 is 0 Å². The van der Waals surface area contributed by atoms with Crippen LogP contribution in [0.4, 0.5) is 4.79 Å². The normalized spacial score (nSPS) is 12.0. The fourth-order valence-corrected chi connectivity index (χ4v) is 3.04. The number of hydrogen-bond donors (Lipinski definition) is 3. The van der Waals surface area contributed by atoms with E-state index in [0.717, 1.165) is 17.7 Å². The van der Waals surface area contributed by atoms with Crippen LogP contribution in [0.1, 0.15) is 29.3 Å². The first kappa shape index (κ1) is 16.3. The third-order valence-electron chi connectivity index (χ3n) is 3.42. The molecule has 0 aromatic carbocycles. The Labute approximate surface area is 133 Å². The van der Waals surface area contributed by atoms with Gasteiger partial charge in [0.25, 0.3) is 5.56 Å². The number of nitrogens with one attached hydrogen (secondary N) is 3. The van der Waals surface area contributed by atoms with E-state index in [9.17, 15) is 9.59 Å². The summed E-state index contributed by atoms with van der Waals surface area (Å²) in [6.07, 6.45) is 0.793. The number of carbonyl (C=O) groups is 1. The Morgan fingerprint density at radius 1 is 1.41 bits per heavy atom. The molecule has 2 rings (SSSR count). The van der Waals surface area contributed by atoms with Crippen molar-refractivity contribution in [3.05, 3.63) is 55.6 Å². The average Bonchev–Trinajstić information content (AvgIpc) is 2.89. The topological polar surface area (TPSA) is 74.0 Å². The molecule has 0 aliphatic heterocycles. The predicted molar refractivity (Wildman–Crippen MR) is 89.4 cm³/mol. The molecule has 0 unspecified atom stereocenters. The second-order valence-electron chi connectivity index (χ2n) is 5.51. The molecule has 0 aliphatic rings. The third kappa shape index (κ3) is 4.46. The number of H-pyrrole nitrogens is 1. The summed E-state index contributed by atoms with van der Waals surface area (Å²) < 4.78 is 0. The first-order valence-electron chi connectivity index (χ1n) is 7.20. The molecule has 6 heteroatoms. The lowest BCUT2D eigenvalue weighted by Gasteiger charge is -2.14. The Morgan fingerprint density at radius 2 is 2.18 bits per heavy atom. The molecule has 0 saturated heterocycles. The molecular formula is C16H21N3O2S. The molecule has 2 aromatic heterocycles. The fraction of sp³-hybridized carbons (Fsp3) is 0.375. The second kappa shape index (κ2) is 7.26. The van der Waals surface area contributed by atoms with Gasteiger partial charge >= 0.3 is 6.03 Å². The standard InChI is InChI=1S/C16H21N3O2S/c1-10-6-11(2)18-15(20)14(10)8-17-16(21)19-12(3)7-13-4-5-22-9-13/h4-6,9,12H,7-8H2,1-3H3,(H,18,20)(H2,17,19,21)/t12-/m0/s1. The van der Waals surface area contributed by atoms with Crippen LogP contribution in [0.5, 0.6) is 0 Å². The molecule has 0 fully saturated rings. The van der Waals surface area contributed by atoms with Crippen LogP contribution >= 0.6 is 11.3 Å². The minimum Gasteiger partial charge on any atom is -0.335 e. The highest BCUT2D eigenvalue weighted by Crippen LogP contribution is 2.08. The highest BCUT2D eigenvalue weighted by atomic mass is 32.1. The third-order valence-corrected chi connectivity index (χ3v) is 4.15. The quantitative estimate of drug-likeness (QED) is 0.792. The SMILES string of the molecule is Cc1cc(C)c(CNC(=O)N[C@@H](C)Cc2ccsc2)c(=O)[nH]1. The maximum Gasteiger partial charge on any atom is 0.315 e. The fourth-order valence-electron chi connectivity index (χ4n) is 2.36. The summed E-state index contributed by atoms with van der Waals surface area (Å²) in [5.74, 6) is 0. The molecule has 22 heavy (non-hydrogen) atoms. The minimum absolute atomic E-state index is 0.0343. The van der Waals surface area contributed by atoms with E-state index < -0.39 is 0 Å². The number of pyridine rings is 1. The number of rotatable bonds is 5. The Kier molecular flexibility index (Phi) is 5.38. The van der Waals surface area contributed by atoms with Crippen molar-refractivity contribution in [2.75, 3.05) is 0 Å². The molecule has 3 N–H and O–H groups in total. The monoisotopic (exact) mass is 319 g/mol. The highest BCUT2D eigenvalue weighted by Gasteiger charge is 2.10. The second-order valence-corrected chi connectivity index (χ2v) is 6.29. The van der Waals surface area contributed by atoms with E-state index in [-0.39, 0.29) is 24.2 Å². The molecule has 0 spiro atoms. The van der Waals surface area contributed by atoms with Crippen LogP contribution in [0.2, 0.25) is 0 Å². The van der Waals surface area contributed by atoms with Crippen molar-refractivity contribution in [3.63, 3.8) is 0 Å². The zero-order chi connectivity index (χ0) is 16.1. The Morgan fingerprint density at radius 3 is 2.82 bits per heavy atom. The Bertz CT molecular complexity index is 692. The number of aromatic amines is 1. The van der Waals surface area contributed by atoms with Gasteiger partial charge in [0.05, 0.1) is 6.54 Å². The molecule has 0 bridgehead atoms. The molecule has 118 valence electrons. The number of carbonyl (C=O) groups excluding carboxylic acids is 1. The first-order valence-corrected chi connectivity index (χ1v) is 8.15. The molecule has 0 radical (unpaired) electrons. The first-order chi connectivity index (χ1) is 10.5. The van der Waals surface area contributed by atoms with E-state index in [1.54, 1.807) is 11.3 Å². The van der Waals surface area contributed by atoms with Crippen LogP contribution in [0, 0.1) is 13.8 Å². The molecule has 0 saturated carbocycles. The van der Waals surface area contributed by atoms with Crippen LogP contribution in [-0.2, 0) is 13.0 Å². The van der Waals surface area contributed by atoms with Crippen molar-refractivity contribution in [2.24, 2.45) is 0 Å². The molecule has 2 amide bonds. The zero-order valence-electron chi connectivity index (χ0n) is 13.0. The maximum absolute atomic E-state index is 11.9. The summed E-state index contributed by atoms with van der Waals surface area (Å²) in [5.41, 5.74) is 3.35. The number of aryl methyl sites for hydroxylation is 2. The van der Waals surface area contributed by atoms with E-state index in [1.165, 1.54) is 5.56 Å². The van der Waals surface area contributed by atoms with Crippen molar-refractivity contribution < 1.29 is 4.79 Å². The lowest BCUT2D eigenvalue weighted by Crippen LogP contribution is -2.42. The maximum atomic E-state index is 11.9. The molecule has 0 aliphatic carbocycles. The van der Waals surface area contributed by atoms with Gasteiger partial charge in [-0.1, -0.05) is 0 Å². The lowest BCUT2D eigenvalue weighted by atomic mass is 10.1. The number of hydrogen-bond acceptors (Lipinski definition) is 3. The van der Waals surface area contributed by atoms with Crippen molar-refractivity contribution in [1.82, 2.24) is 15.6 Å². The van der Waals surface area contributed by atoms with E-state index in [0.29, 0.717) is 5.56 Å². The smallest absolute Gasteiger partial charge is 0.315 e. The van der Waals surface area contributed by atoms with Crippen LogP contribution in [0.25, 0.3) is 0 Å². The van der Waals surface area contributed by atoms with Gasteiger partial charge in [-0.2, -0.15) is 11.3 Å². The van der Waals surface area contributed by atoms with Gasteiger partial charge in [0, 0.05) is 17.3 Å². The molecule has 1 atom stereocenters. The van der Waals surface area contributed by atoms with Gasteiger partial charge < -0.3 is 15.6 Å². The summed E-state index contributed by atoms with van der Waals surface area (Å²) in [6, 6.07) is 3.72. The van der Waals surface area contributed by atoms with Crippen LogP contribution in [-0.4, -0.2) is 17.1 Å². The summed E-state index contributed by atoms with van der Waals surface area (Å²) >= 11 is 1.65. The molecule has 5 nitrogen and oxygen atoms in total. The van der Waals surface area contributed by atoms with Gasteiger partial charge in [0.15, 0.2) is 0 Å². The minimum atomic E-state index is -0.262. The number of aromatic nitrogens is 1. The van der Waals surface area contributed by atoms with Gasteiger partial charge in [0.1, 0.15) is 0 Å². The predicted octanol–water partition coefficient (Wildman–Crippen LogP) is 2.48. The van der Waals surface area contributed by atoms with E-state index in [1.807, 2.05) is 32.2 Å². The summed E-state index contributed by atoms with van der Waals surface area (Å²) in [5, 5.41) is 9.72. The van der Waals surface area contributed by atoms with Gasteiger partial charge in [0.2, 0.25) is 0 Å². The molecular weight excluding hydrogens is 298 g/mol. The van der Waals surface area contributed by atoms with Gasteiger partial charge in [-0.15, -0.1) is 0 Å². The van der Waals surface area contributed by atoms with E-state index in [4.69, 9.17) is 0 Å². The molecule has 2 heterocycles. The van der Waals surface area contributed by atoms with E-state index in [2.05, 4.69) is 27.1 Å².